The Morgan fingerprint density at radius 3 is 2.59 bits per heavy atom. The monoisotopic (exact) mass is 414 g/mol. The summed E-state index contributed by atoms with van der Waals surface area (Å²) in [6.07, 6.45) is 0. The van der Waals surface area contributed by atoms with E-state index in [-0.39, 0.29) is 22.4 Å². The van der Waals surface area contributed by atoms with Crippen molar-refractivity contribution in [1.29, 1.82) is 0 Å². The normalized spacial score (nSPS) is 16.6. The number of furan rings is 1. The summed E-state index contributed by atoms with van der Waals surface area (Å²) in [5, 5.41) is 3.83. The standard InChI is InChI=1S/C21H22N2O5S/c1-15(20-14-16-5-2-3-8-19(16)28-20)22-21(24)17-6-4-7-18(13-17)29(25,26)23-9-11-27-12-10-23/h2-8,13-15H,9-12H2,1H3,(H,22,24). The highest BCUT2D eigenvalue weighted by molar-refractivity contribution is 7.89. The Bertz CT molecular complexity index is 1100. The minimum absolute atomic E-state index is 0.100. The van der Waals surface area contributed by atoms with Crippen molar-refractivity contribution in [3.05, 3.63) is 65.9 Å². The molecule has 0 bridgehead atoms. The summed E-state index contributed by atoms with van der Waals surface area (Å²) in [5.74, 6) is 0.272. The van der Waals surface area contributed by atoms with Gasteiger partial charge in [0.25, 0.3) is 5.91 Å². The van der Waals surface area contributed by atoms with Crippen molar-refractivity contribution >= 4 is 26.9 Å². The van der Waals surface area contributed by atoms with Gasteiger partial charge in [-0.2, -0.15) is 4.31 Å². The van der Waals surface area contributed by atoms with Gasteiger partial charge in [-0.3, -0.25) is 4.79 Å². The van der Waals surface area contributed by atoms with Crippen LogP contribution in [0.3, 0.4) is 0 Å². The van der Waals surface area contributed by atoms with Gasteiger partial charge in [-0.25, -0.2) is 8.42 Å². The molecule has 1 aliphatic heterocycles. The number of fused-ring (bicyclic) bond motifs is 1. The number of para-hydroxylation sites is 1. The van der Waals surface area contributed by atoms with E-state index in [1.54, 1.807) is 12.1 Å². The van der Waals surface area contributed by atoms with E-state index >= 15 is 0 Å². The second kappa shape index (κ2) is 7.98. The van der Waals surface area contributed by atoms with Gasteiger partial charge in [0, 0.05) is 24.0 Å². The van der Waals surface area contributed by atoms with Gasteiger partial charge >= 0.3 is 0 Å². The maximum Gasteiger partial charge on any atom is 0.251 e. The average molecular weight is 414 g/mol. The number of sulfonamides is 1. The third-order valence-corrected chi connectivity index (χ3v) is 6.82. The molecule has 1 atom stereocenters. The zero-order chi connectivity index (χ0) is 20.4. The number of carbonyl (C=O) groups excluding carboxylic acids is 1. The van der Waals surface area contributed by atoms with Gasteiger partial charge in [0.05, 0.1) is 24.2 Å². The van der Waals surface area contributed by atoms with Crippen molar-refractivity contribution in [3.8, 4) is 0 Å². The maximum absolute atomic E-state index is 12.8. The molecule has 0 aliphatic carbocycles. The van der Waals surface area contributed by atoms with E-state index in [1.165, 1.54) is 16.4 Å². The molecule has 4 rings (SSSR count). The van der Waals surface area contributed by atoms with Crippen LogP contribution in [0.25, 0.3) is 11.0 Å². The molecule has 2 heterocycles. The molecule has 1 saturated heterocycles. The summed E-state index contributed by atoms with van der Waals surface area (Å²) in [6.45, 7) is 3.18. The van der Waals surface area contributed by atoms with Gasteiger partial charge in [-0.1, -0.05) is 24.3 Å². The van der Waals surface area contributed by atoms with Gasteiger partial charge < -0.3 is 14.5 Å². The second-order valence-electron chi connectivity index (χ2n) is 6.93. The van der Waals surface area contributed by atoms with Crippen LogP contribution in [0.1, 0.15) is 29.1 Å². The van der Waals surface area contributed by atoms with Crippen LogP contribution in [0.5, 0.6) is 0 Å². The Hall–Kier alpha value is -2.68. The topological polar surface area (TPSA) is 88.9 Å². The number of morpholine rings is 1. The second-order valence-corrected chi connectivity index (χ2v) is 8.86. The van der Waals surface area contributed by atoms with Crippen molar-refractivity contribution in [2.75, 3.05) is 26.3 Å². The summed E-state index contributed by atoms with van der Waals surface area (Å²) in [6, 6.07) is 15.2. The molecule has 1 amide bonds. The third-order valence-electron chi connectivity index (χ3n) is 4.92. The number of hydrogen-bond donors (Lipinski definition) is 1. The van der Waals surface area contributed by atoms with E-state index < -0.39 is 10.0 Å². The quantitative estimate of drug-likeness (QED) is 0.693. The molecule has 29 heavy (non-hydrogen) atoms. The molecule has 8 heteroatoms. The molecule has 1 aromatic heterocycles. The molecule has 1 fully saturated rings. The van der Waals surface area contributed by atoms with Crippen LogP contribution >= 0.6 is 0 Å². The molecular formula is C21H22N2O5S. The van der Waals surface area contributed by atoms with Crippen LogP contribution in [-0.2, 0) is 14.8 Å². The molecule has 1 N–H and O–H groups in total. The lowest BCUT2D eigenvalue weighted by Crippen LogP contribution is -2.40. The number of ether oxygens (including phenoxy) is 1. The first-order valence-corrected chi connectivity index (χ1v) is 10.9. The largest absolute Gasteiger partial charge is 0.459 e. The van der Waals surface area contributed by atoms with Crippen LogP contribution in [0.15, 0.2) is 63.9 Å². The third kappa shape index (κ3) is 4.05. The number of rotatable bonds is 5. The summed E-state index contributed by atoms with van der Waals surface area (Å²) in [4.78, 5) is 12.8. The van der Waals surface area contributed by atoms with E-state index in [4.69, 9.17) is 9.15 Å². The van der Waals surface area contributed by atoms with Gasteiger partial charge in [-0.15, -0.1) is 0 Å². The highest BCUT2D eigenvalue weighted by Gasteiger charge is 2.27. The maximum atomic E-state index is 12.8. The predicted octanol–water partition coefficient (Wildman–Crippen LogP) is 2.94. The van der Waals surface area contributed by atoms with E-state index in [2.05, 4.69) is 5.32 Å². The number of nitrogens with zero attached hydrogens (tertiary/aromatic N) is 1. The minimum atomic E-state index is -3.66. The van der Waals surface area contributed by atoms with Crippen molar-refractivity contribution in [3.63, 3.8) is 0 Å². The molecule has 2 aromatic carbocycles. The minimum Gasteiger partial charge on any atom is -0.459 e. The molecule has 3 aromatic rings. The average Bonchev–Trinajstić information content (AvgIpc) is 3.19. The lowest BCUT2D eigenvalue weighted by molar-refractivity contribution is 0.0730. The predicted molar refractivity (Wildman–Crippen MR) is 108 cm³/mol. The number of amides is 1. The number of carbonyl (C=O) groups is 1. The van der Waals surface area contributed by atoms with Crippen LogP contribution in [0.2, 0.25) is 0 Å². The summed E-state index contributed by atoms with van der Waals surface area (Å²) < 4.78 is 38.1. The van der Waals surface area contributed by atoms with Crippen molar-refractivity contribution in [2.45, 2.75) is 17.9 Å². The Balaban J connectivity index is 1.52. The Labute approximate surface area is 169 Å². The van der Waals surface area contributed by atoms with E-state index in [0.29, 0.717) is 32.1 Å². The SMILES string of the molecule is CC(NC(=O)c1cccc(S(=O)(=O)N2CCOCC2)c1)c1cc2ccccc2o1. The molecule has 0 saturated carbocycles. The molecule has 1 unspecified atom stereocenters. The Kier molecular flexibility index (Phi) is 5.40. The van der Waals surface area contributed by atoms with Crippen LogP contribution in [-0.4, -0.2) is 44.9 Å². The lowest BCUT2D eigenvalue weighted by Gasteiger charge is -2.26. The first-order chi connectivity index (χ1) is 13.9. The van der Waals surface area contributed by atoms with Gasteiger partial charge in [0.2, 0.25) is 10.0 Å². The molecule has 152 valence electrons. The van der Waals surface area contributed by atoms with Crippen LogP contribution in [0, 0.1) is 0 Å². The molecule has 1 aliphatic rings. The van der Waals surface area contributed by atoms with E-state index in [1.807, 2.05) is 37.3 Å². The fraction of sp³-hybridized carbons (Fsp3) is 0.286. The molecule has 0 spiro atoms. The molecule has 7 nitrogen and oxygen atoms in total. The lowest BCUT2D eigenvalue weighted by atomic mass is 10.1. The number of hydrogen-bond acceptors (Lipinski definition) is 5. The van der Waals surface area contributed by atoms with Gasteiger partial charge in [-0.05, 0) is 37.3 Å². The first-order valence-electron chi connectivity index (χ1n) is 9.42. The van der Waals surface area contributed by atoms with E-state index in [0.717, 1.165) is 11.0 Å². The molecule has 0 radical (unpaired) electrons. The number of benzene rings is 2. The summed E-state index contributed by atoms with van der Waals surface area (Å²) in [7, 11) is -3.66. The first kappa shape index (κ1) is 19.6. The van der Waals surface area contributed by atoms with Crippen molar-refractivity contribution < 1.29 is 22.4 Å². The smallest absolute Gasteiger partial charge is 0.251 e. The summed E-state index contributed by atoms with van der Waals surface area (Å²) in [5.41, 5.74) is 1.03. The van der Waals surface area contributed by atoms with Crippen LogP contribution in [0.4, 0.5) is 0 Å². The fourth-order valence-corrected chi connectivity index (χ4v) is 4.76. The van der Waals surface area contributed by atoms with Crippen molar-refractivity contribution in [1.82, 2.24) is 9.62 Å². The van der Waals surface area contributed by atoms with Gasteiger partial charge in [0.1, 0.15) is 11.3 Å². The highest BCUT2D eigenvalue weighted by Crippen LogP contribution is 2.24. The van der Waals surface area contributed by atoms with Crippen molar-refractivity contribution in [2.24, 2.45) is 0 Å². The summed E-state index contributed by atoms with van der Waals surface area (Å²) >= 11 is 0. The van der Waals surface area contributed by atoms with E-state index in [9.17, 15) is 13.2 Å². The highest BCUT2D eigenvalue weighted by atomic mass is 32.2. The number of nitrogens with one attached hydrogen (secondary N) is 1. The zero-order valence-electron chi connectivity index (χ0n) is 16.0. The van der Waals surface area contributed by atoms with Crippen LogP contribution < -0.4 is 5.32 Å². The van der Waals surface area contributed by atoms with Gasteiger partial charge in [0.15, 0.2) is 0 Å². The Morgan fingerprint density at radius 1 is 1.07 bits per heavy atom. The zero-order valence-corrected chi connectivity index (χ0v) is 16.8. The fourth-order valence-electron chi connectivity index (χ4n) is 3.30. The Morgan fingerprint density at radius 2 is 1.83 bits per heavy atom. The molecular weight excluding hydrogens is 392 g/mol.